The van der Waals surface area contributed by atoms with Gasteiger partial charge < -0.3 is 9.67 Å². The van der Waals surface area contributed by atoms with Gasteiger partial charge in [0.05, 0.1) is 24.5 Å². The number of halogens is 1. The minimum Gasteiger partial charge on any atom is -0.390 e. The number of hydrogen-bond donors (Lipinski definition) is 1. The second-order valence-electron chi connectivity index (χ2n) is 5.56. The van der Waals surface area contributed by atoms with Crippen molar-refractivity contribution in [1.29, 1.82) is 0 Å². The van der Waals surface area contributed by atoms with Crippen LogP contribution in [0.25, 0.3) is 0 Å². The minimum atomic E-state index is -0.231. The van der Waals surface area contributed by atoms with Crippen molar-refractivity contribution in [1.82, 2.24) is 9.55 Å². The lowest BCUT2D eigenvalue weighted by molar-refractivity contribution is 0.267. The van der Waals surface area contributed by atoms with Crippen molar-refractivity contribution in [3.05, 3.63) is 83.4 Å². The van der Waals surface area contributed by atoms with Crippen LogP contribution >= 0.6 is 11.8 Å². The Hall–Kier alpha value is -2.11. The third-order valence-corrected chi connectivity index (χ3v) is 4.99. The average Bonchev–Trinajstić information content (AvgIpc) is 3.04. The van der Waals surface area contributed by atoms with E-state index in [4.69, 9.17) is 0 Å². The molecule has 1 heterocycles. The topological polar surface area (TPSA) is 38.0 Å². The normalized spacial score (nSPS) is 12.3. The number of nitrogens with zero attached hydrogens (tertiary/aromatic N) is 2. The van der Waals surface area contributed by atoms with E-state index in [0.717, 1.165) is 22.0 Å². The summed E-state index contributed by atoms with van der Waals surface area (Å²) in [4.78, 5) is 4.46. The summed E-state index contributed by atoms with van der Waals surface area (Å²) in [7, 11) is 0. The van der Waals surface area contributed by atoms with Crippen molar-refractivity contribution < 1.29 is 9.50 Å². The van der Waals surface area contributed by atoms with E-state index in [-0.39, 0.29) is 18.5 Å². The van der Waals surface area contributed by atoms with E-state index >= 15 is 0 Å². The Morgan fingerprint density at radius 3 is 2.50 bits per heavy atom. The van der Waals surface area contributed by atoms with Gasteiger partial charge in [0.1, 0.15) is 5.82 Å². The quantitative estimate of drug-likeness (QED) is 0.674. The first-order valence-corrected chi connectivity index (χ1v) is 8.76. The average molecular weight is 342 g/mol. The third-order valence-electron chi connectivity index (χ3n) is 3.95. The largest absolute Gasteiger partial charge is 0.390 e. The van der Waals surface area contributed by atoms with Crippen molar-refractivity contribution in [3.63, 3.8) is 0 Å². The molecule has 3 nitrogen and oxygen atoms in total. The summed E-state index contributed by atoms with van der Waals surface area (Å²) >= 11 is 1.58. The SMILES string of the molecule is C[C@@H](c1ccccc1)n1c(CO)cnc1SCc1ccc(F)cc1. The molecule has 124 valence electrons. The standard InChI is InChI=1S/C19H19FN2OS/c1-14(16-5-3-2-4-6-16)22-18(12-23)11-21-19(22)24-13-15-7-9-17(20)10-8-15/h2-11,14,23H,12-13H2,1H3/t14-/m0/s1. The summed E-state index contributed by atoms with van der Waals surface area (Å²) in [5, 5.41) is 10.5. The van der Waals surface area contributed by atoms with E-state index in [2.05, 4.69) is 28.6 Å². The second-order valence-corrected chi connectivity index (χ2v) is 6.50. The van der Waals surface area contributed by atoms with E-state index in [9.17, 15) is 9.50 Å². The van der Waals surface area contributed by atoms with Crippen LogP contribution in [0.4, 0.5) is 4.39 Å². The lowest BCUT2D eigenvalue weighted by Crippen LogP contribution is -2.11. The van der Waals surface area contributed by atoms with Crippen LogP contribution in [0.15, 0.2) is 66.0 Å². The summed E-state index contributed by atoms with van der Waals surface area (Å²) in [6, 6.07) is 16.7. The van der Waals surface area contributed by atoms with Crippen LogP contribution in [-0.2, 0) is 12.4 Å². The molecule has 0 saturated carbocycles. The zero-order chi connectivity index (χ0) is 16.9. The number of aliphatic hydroxyl groups excluding tert-OH is 1. The molecule has 0 radical (unpaired) electrons. The van der Waals surface area contributed by atoms with Gasteiger partial charge >= 0.3 is 0 Å². The van der Waals surface area contributed by atoms with Gasteiger partial charge in [-0.1, -0.05) is 54.2 Å². The number of hydrogen-bond acceptors (Lipinski definition) is 3. The van der Waals surface area contributed by atoms with Crippen LogP contribution in [0.1, 0.15) is 29.8 Å². The molecule has 0 amide bonds. The van der Waals surface area contributed by atoms with Crippen molar-refractivity contribution in [2.24, 2.45) is 0 Å². The third kappa shape index (κ3) is 3.68. The number of rotatable bonds is 6. The second kappa shape index (κ2) is 7.64. The van der Waals surface area contributed by atoms with Crippen molar-refractivity contribution in [2.45, 2.75) is 30.5 Å². The number of aromatic nitrogens is 2. The molecule has 3 aromatic rings. The fourth-order valence-electron chi connectivity index (χ4n) is 2.62. The van der Waals surface area contributed by atoms with Gasteiger partial charge in [-0.15, -0.1) is 0 Å². The molecule has 5 heteroatoms. The van der Waals surface area contributed by atoms with E-state index in [0.29, 0.717) is 5.75 Å². The molecule has 0 bridgehead atoms. The molecule has 24 heavy (non-hydrogen) atoms. The fraction of sp³-hybridized carbons (Fsp3) is 0.211. The van der Waals surface area contributed by atoms with Gasteiger partial charge in [-0.25, -0.2) is 9.37 Å². The van der Waals surface area contributed by atoms with Gasteiger partial charge in [-0.3, -0.25) is 0 Å². The zero-order valence-electron chi connectivity index (χ0n) is 13.4. The Bertz CT molecular complexity index is 787. The van der Waals surface area contributed by atoms with Crippen molar-refractivity contribution in [3.8, 4) is 0 Å². The monoisotopic (exact) mass is 342 g/mol. The first kappa shape index (κ1) is 16.7. The van der Waals surface area contributed by atoms with E-state index in [1.165, 1.54) is 12.1 Å². The van der Waals surface area contributed by atoms with Gasteiger partial charge in [0.25, 0.3) is 0 Å². The maximum Gasteiger partial charge on any atom is 0.169 e. The summed E-state index contributed by atoms with van der Waals surface area (Å²) < 4.78 is 15.1. The number of aliphatic hydroxyl groups is 1. The highest BCUT2D eigenvalue weighted by atomic mass is 32.2. The van der Waals surface area contributed by atoms with Crippen LogP contribution in [-0.4, -0.2) is 14.7 Å². The summed E-state index contributed by atoms with van der Waals surface area (Å²) in [6.45, 7) is 2.04. The van der Waals surface area contributed by atoms with Crippen LogP contribution in [0.2, 0.25) is 0 Å². The molecular weight excluding hydrogens is 323 g/mol. The minimum absolute atomic E-state index is 0.0543. The molecule has 0 aliphatic heterocycles. The molecule has 0 aliphatic rings. The molecule has 0 aliphatic carbocycles. The molecule has 2 aromatic carbocycles. The van der Waals surface area contributed by atoms with Gasteiger partial charge in [-0.05, 0) is 30.2 Å². The van der Waals surface area contributed by atoms with Gasteiger partial charge in [-0.2, -0.15) is 0 Å². The van der Waals surface area contributed by atoms with Gasteiger partial charge in [0.15, 0.2) is 5.16 Å². The predicted octanol–water partition coefficient (Wildman–Crippen LogP) is 4.42. The fourth-order valence-corrected chi connectivity index (χ4v) is 3.65. The Labute approximate surface area is 145 Å². The van der Waals surface area contributed by atoms with E-state index in [1.54, 1.807) is 30.1 Å². The van der Waals surface area contributed by atoms with Gasteiger partial charge in [0.2, 0.25) is 0 Å². The first-order chi connectivity index (χ1) is 11.7. The molecule has 1 N–H and O–H groups in total. The van der Waals surface area contributed by atoms with E-state index in [1.807, 2.05) is 18.2 Å². The van der Waals surface area contributed by atoms with Crippen LogP contribution in [0, 0.1) is 5.82 Å². The molecule has 0 saturated heterocycles. The summed E-state index contributed by atoms with van der Waals surface area (Å²) in [5.74, 6) is 0.467. The van der Waals surface area contributed by atoms with Crippen LogP contribution in [0.3, 0.4) is 0 Å². The smallest absolute Gasteiger partial charge is 0.169 e. The first-order valence-electron chi connectivity index (χ1n) is 7.78. The molecular formula is C19H19FN2OS. The lowest BCUT2D eigenvalue weighted by atomic mass is 10.1. The molecule has 0 fully saturated rings. The van der Waals surface area contributed by atoms with Gasteiger partial charge in [0, 0.05) is 5.75 Å². The highest BCUT2D eigenvalue weighted by molar-refractivity contribution is 7.98. The Kier molecular flexibility index (Phi) is 5.33. The van der Waals surface area contributed by atoms with Crippen LogP contribution in [0.5, 0.6) is 0 Å². The predicted molar refractivity (Wildman–Crippen MR) is 94.4 cm³/mol. The zero-order valence-corrected chi connectivity index (χ0v) is 14.2. The van der Waals surface area contributed by atoms with Crippen molar-refractivity contribution >= 4 is 11.8 Å². The Morgan fingerprint density at radius 1 is 1.12 bits per heavy atom. The molecule has 1 atom stereocenters. The molecule has 3 rings (SSSR count). The molecule has 0 unspecified atom stereocenters. The number of imidazole rings is 1. The maximum absolute atomic E-state index is 13.0. The summed E-state index contributed by atoms with van der Waals surface area (Å²) in [6.07, 6.45) is 1.71. The highest BCUT2D eigenvalue weighted by Gasteiger charge is 2.17. The maximum atomic E-state index is 13.0. The Morgan fingerprint density at radius 2 is 1.83 bits per heavy atom. The summed E-state index contributed by atoms with van der Waals surface area (Å²) in [5.41, 5.74) is 2.98. The van der Waals surface area contributed by atoms with E-state index < -0.39 is 0 Å². The number of thioether (sulfide) groups is 1. The van der Waals surface area contributed by atoms with Crippen molar-refractivity contribution in [2.75, 3.05) is 0 Å². The lowest BCUT2D eigenvalue weighted by Gasteiger charge is -2.19. The Balaban J connectivity index is 1.83. The molecule has 0 spiro atoms. The van der Waals surface area contributed by atoms with Crippen LogP contribution < -0.4 is 0 Å². The number of benzene rings is 2. The highest BCUT2D eigenvalue weighted by Crippen LogP contribution is 2.29. The molecule has 1 aromatic heterocycles.